The Labute approximate surface area is 112 Å². The van der Waals surface area contributed by atoms with E-state index >= 15 is 0 Å². The minimum Gasteiger partial charge on any atom is -0.299 e. The van der Waals surface area contributed by atoms with Gasteiger partial charge in [-0.05, 0) is 37.3 Å². The lowest BCUT2D eigenvalue weighted by Crippen LogP contribution is -2.46. The van der Waals surface area contributed by atoms with Crippen LogP contribution in [-0.4, -0.2) is 38.5 Å². The van der Waals surface area contributed by atoms with Crippen LogP contribution in [0.5, 0.6) is 0 Å². The lowest BCUT2D eigenvalue weighted by molar-refractivity contribution is 0.186. The molecule has 0 radical (unpaired) electrons. The zero-order chi connectivity index (χ0) is 12.6. The summed E-state index contributed by atoms with van der Waals surface area (Å²) in [5, 5.41) is 1.80. The van der Waals surface area contributed by atoms with Gasteiger partial charge in [0.05, 0.1) is 0 Å². The van der Waals surface area contributed by atoms with Gasteiger partial charge < -0.3 is 0 Å². The SMILES string of the molecule is O=S(=O)(NC1CCN2CCCCC12)c1cccs1. The first kappa shape index (κ1) is 12.6. The highest BCUT2D eigenvalue weighted by Crippen LogP contribution is 2.28. The van der Waals surface area contributed by atoms with Crippen molar-refractivity contribution in [2.24, 2.45) is 0 Å². The Morgan fingerprint density at radius 2 is 2.17 bits per heavy atom. The molecule has 2 aliphatic rings. The number of hydrogen-bond acceptors (Lipinski definition) is 4. The van der Waals surface area contributed by atoms with Gasteiger partial charge in [0.25, 0.3) is 0 Å². The van der Waals surface area contributed by atoms with E-state index in [0.29, 0.717) is 10.3 Å². The molecule has 0 aromatic carbocycles. The van der Waals surface area contributed by atoms with Crippen LogP contribution in [0.1, 0.15) is 25.7 Å². The van der Waals surface area contributed by atoms with Crippen molar-refractivity contribution < 1.29 is 8.42 Å². The molecule has 2 fully saturated rings. The highest BCUT2D eigenvalue weighted by atomic mass is 32.2. The molecule has 100 valence electrons. The van der Waals surface area contributed by atoms with Crippen LogP contribution >= 0.6 is 11.3 Å². The standard InChI is InChI=1S/C12H18N2O2S2/c15-18(16,12-5-3-9-17-12)13-10-6-8-14-7-2-1-4-11(10)14/h3,5,9-11,13H,1-2,4,6-8H2. The summed E-state index contributed by atoms with van der Waals surface area (Å²) in [6, 6.07) is 3.95. The summed E-state index contributed by atoms with van der Waals surface area (Å²) < 4.78 is 27.7. The van der Waals surface area contributed by atoms with Gasteiger partial charge in [0.2, 0.25) is 10.0 Å². The first-order valence-electron chi connectivity index (χ1n) is 6.47. The summed E-state index contributed by atoms with van der Waals surface area (Å²) in [6.45, 7) is 2.16. The van der Waals surface area contributed by atoms with Gasteiger partial charge >= 0.3 is 0 Å². The van der Waals surface area contributed by atoms with E-state index in [0.717, 1.165) is 25.9 Å². The number of piperidine rings is 1. The third-order valence-corrected chi connectivity index (χ3v) is 6.81. The molecule has 3 heterocycles. The van der Waals surface area contributed by atoms with Gasteiger partial charge in [0, 0.05) is 18.6 Å². The monoisotopic (exact) mass is 286 g/mol. The van der Waals surface area contributed by atoms with Crippen molar-refractivity contribution in [3.05, 3.63) is 17.5 Å². The minimum atomic E-state index is -3.31. The second kappa shape index (κ2) is 4.92. The van der Waals surface area contributed by atoms with Crippen LogP contribution in [0.25, 0.3) is 0 Å². The van der Waals surface area contributed by atoms with Gasteiger partial charge in [-0.1, -0.05) is 12.5 Å². The number of hydrogen-bond donors (Lipinski definition) is 1. The lowest BCUT2D eigenvalue weighted by Gasteiger charge is -2.32. The summed E-state index contributed by atoms with van der Waals surface area (Å²) in [6.07, 6.45) is 4.53. The molecule has 4 nitrogen and oxygen atoms in total. The maximum Gasteiger partial charge on any atom is 0.250 e. The van der Waals surface area contributed by atoms with Crippen molar-refractivity contribution in [3.63, 3.8) is 0 Å². The zero-order valence-electron chi connectivity index (χ0n) is 10.2. The average Bonchev–Trinajstić information content (AvgIpc) is 2.99. The fourth-order valence-electron chi connectivity index (χ4n) is 3.06. The Hall–Kier alpha value is -0.430. The number of sulfonamides is 1. The van der Waals surface area contributed by atoms with Crippen LogP contribution in [0, 0.1) is 0 Å². The molecule has 0 saturated carbocycles. The topological polar surface area (TPSA) is 49.4 Å². The quantitative estimate of drug-likeness (QED) is 0.919. The van der Waals surface area contributed by atoms with Crippen molar-refractivity contribution >= 4 is 21.4 Å². The highest BCUT2D eigenvalue weighted by molar-refractivity contribution is 7.91. The molecule has 0 spiro atoms. The van der Waals surface area contributed by atoms with E-state index in [4.69, 9.17) is 0 Å². The van der Waals surface area contributed by atoms with Gasteiger partial charge in [0.1, 0.15) is 4.21 Å². The van der Waals surface area contributed by atoms with Crippen LogP contribution in [0.2, 0.25) is 0 Å². The molecule has 1 N–H and O–H groups in total. The van der Waals surface area contributed by atoms with Crippen LogP contribution in [0.15, 0.2) is 21.7 Å². The lowest BCUT2D eigenvalue weighted by atomic mass is 10.00. The number of nitrogens with zero attached hydrogens (tertiary/aromatic N) is 1. The maximum atomic E-state index is 12.2. The Balaban J connectivity index is 1.73. The summed E-state index contributed by atoms with van der Waals surface area (Å²) in [5.41, 5.74) is 0. The summed E-state index contributed by atoms with van der Waals surface area (Å²) in [7, 11) is -3.31. The number of nitrogens with one attached hydrogen (secondary N) is 1. The molecule has 0 aliphatic carbocycles. The maximum absolute atomic E-state index is 12.2. The van der Waals surface area contributed by atoms with Crippen LogP contribution < -0.4 is 4.72 Å². The Bertz CT molecular complexity index is 498. The second-order valence-electron chi connectivity index (χ2n) is 5.05. The molecule has 1 aromatic heterocycles. The second-order valence-corrected chi connectivity index (χ2v) is 7.94. The van der Waals surface area contributed by atoms with Crippen molar-refractivity contribution in [2.45, 2.75) is 42.0 Å². The predicted octanol–water partition coefficient (Wildman–Crippen LogP) is 1.65. The molecule has 6 heteroatoms. The fraction of sp³-hybridized carbons (Fsp3) is 0.667. The van der Waals surface area contributed by atoms with Gasteiger partial charge in [-0.3, -0.25) is 4.90 Å². The van der Waals surface area contributed by atoms with Gasteiger partial charge in [-0.2, -0.15) is 0 Å². The summed E-state index contributed by atoms with van der Waals surface area (Å²) >= 11 is 1.28. The molecular formula is C12H18N2O2S2. The first-order valence-corrected chi connectivity index (χ1v) is 8.83. The van der Waals surface area contributed by atoms with Crippen LogP contribution in [-0.2, 0) is 10.0 Å². The number of fused-ring (bicyclic) bond motifs is 1. The normalized spacial score (nSPS) is 29.3. The van der Waals surface area contributed by atoms with Crippen molar-refractivity contribution in [1.29, 1.82) is 0 Å². The van der Waals surface area contributed by atoms with Gasteiger partial charge in [-0.15, -0.1) is 11.3 Å². The zero-order valence-corrected chi connectivity index (χ0v) is 11.8. The molecule has 0 amide bonds. The van der Waals surface area contributed by atoms with E-state index < -0.39 is 10.0 Å². The molecule has 3 rings (SSSR count). The van der Waals surface area contributed by atoms with E-state index in [9.17, 15) is 8.42 Å². The van der Waals surface area contributed by atoms with E-state index in [1.54, 1.807) is 17.5 Å². The minimum absolute atomic E-state index is 0.0948. The Morgan fingerprint density at radius 1 is 1.28 bits per heavy atom. The van der Waals surface area contributed by atoms with Crippen LogP contribution in [0.3, 0.4) is 0 Å². The Kier molecular flexibility index (Phi) is 3.44. The molecule has 18 heavy (non-hydrogen) atoms. The molecule has 2 aliphatic heterocycles. The highest BCUT2D eigenvalue weighted by Gasteiger charge is 2.37. The predicted molar refractivity (Wildman–Crippen MR) is 72.3 cm³/mol. The summed E-state index contributed by atoms with van der Waals surface area (Å²) in [4.78, 5) is 2.44. The number of rotatable bonds is 3. The molecular weight excluding hydrogens is 268 g/mol. The van der Waals surface area contributed by atoms with Crippen molar-refractivity contribution in [1.82, 2.24) is 9.62 Å². The smallest absolute Gasteiger partial charge is 0.250 e. The van der Waals surface area contributed by atoms with E-state index in [-0.39, 0.29) is 6.04 Å². The van der Waals surface area contributed by atoms with Crippen LogP contribution in [0.4, 0.5) is 0 Å². The fourth-order valence-corrected chi connectivity index (χ4v) is 5.37. The van der Waals surface area contributed by atoms with E-state index in [1.807, 2.05) is 0 Å². The van der Waals surface area contributed by atoms with E-state index in [2.05, 4.69) is 9.62 Å². The largest absolute Gasteiger partial charge is 0.299 e. The first-order chi connectivity index (χ1) is 8.67. The van der Waals surface area contributed by atoms with Crippen molar-refractivity contribution in [3.8, 4) is 0 Å². The average molecular weight is 286 g/mol. The molecule has 2 unspecified atom stereocenters. The van der Waals surface area contributed by atoms with Crippen molar-refractivity contribution in [2.75, 3.05) is 13.1 Å². The Morgan fingerprint density at radius 3 is 2.94 bits per heavy atom. The van der Waals surface area contributed by atoms with E-state index in [1.165, 1.54) is 24.2 Å². The molecule has 2 saturated heterocycles. The molecule has 2 atom stereocenters. The molecule has 1 aromatic rings. The summed E-state index contributed by atoms with van der Waals surface area (Å²) in [5.74, 6) is 0. The third-order valence-electron chi connectivity index (χ3n) is 3.92. The molecule has 0 bridgehead atoms. The third kappa shape index (κ3) is 2.34. The van der Waals surface area contributed by atoms with Gasteiger partial charge in [-0.25, -0.2) is 13.1 Å². The van der Waals surface area contributed by atoms with Gasteiger partial charge in [0.15, 0.2) is 0 Å². The number of thiophene rings is 1.